The van der Waals surface area contributed by atoms with Crippen LogP contribution in [0.4, 0.5) is 5.95 Å². The molecule has 0 saturated carbocycles. The van der Waals surface area contributed by atoms with Crippen LogP contribution < -0.4 is 15.9 Å². The van der Waals surface area contributed by atoms with Gasteiger partial charge in [-0.05, 0) is 0 Å². The number of anilines is 1. The van der Waals surface area contributed by atoms with Crippen LogP contribution in [0.25, 0.3) is 11.2 Å². The number of fused-ring (bicyclic) bond motifs is 1. The van der Waals surface area contributed by atoms with E-state index in [1.807, 2.05) is 0 Å². The predicted octanol–water partition coefficient (Wildman–Crippen LogP) is -2.23. The normalized spacial score (nSPS) is 26.4. The predicted molar refractivity (Wildman–Crippen MR) is 67.6 cm³/mol. The van der Waals surface area contributed by atoms with Gasteiger partial charge in [0.15, 0.2) is 12.6 Å². The zero-order valence-corrected chi connectivity index (χ0v) is 10.9. The van der Waals surface area contributed by atoms with Gasteiger partial charge in [-0.25, -0.2) is 4.57 Å². The number of aromatic nitrogens is 4. The molecule has 0 aromatic carbocycles. The number of hydrogen-bond donors (Lipinski definition) is 4. The summed E-state index contributed by atoms with van der Waals surface area (Å²) in [5.74, 6) is 0.0136. The maximum atomic E-state index is 11.9. The first-order valence-electron chi connectivity index (χ1n) is 6.21. The number of rotatable bonds is 2. The molecule has 0 unspecified atom stereocenters. The molecule has 5 N–H and O–H groups in total. The molecule has 3 heterocycles. The maximum Gasteiger partial charge on any atom is 0.313 e. The molecule has 2 aromatic heterocycles. The number of imidazole rings is 1. The highest BCUT2D eigenvalue weighted by Crippen LogP contribution is 2.25. The number of nitrogen functional groups attached to an aromatic ring is 1. The van der Waals surface area contributed by atoms with Crippen molar-refractivity contribution in [2.45, 2.75) is 24.9 Å². The number of aliphatic hydroxyl groups excluding tert-OH is 2. The molecule has 108 valence electrons. The Morgan fingerprint density at radius 2 is 2.45 bits per heavy atom. The maximum absolute atomic E-state index is 11.9. The third kappa shape index (κ3) is 1.87. The Balaban J connectivity index is 2.11. The molecule has 0 amide bonds. The lowest BCUT2D eigenvalue weighted by Crippen LogP contribution is -2.39. The van der Waals surface area contributed by atoms with Crippen molar-refractivity contribution in [3.05, 3.63) is 16.7 Å². The second kappa shape index (κ2) is 4.54. The molecule has 1 aliphatic heterocycles. The highest BCUT2D eigenvalue weighted by Gasteiger charge is 2.38. The minimum Gasteiger partial charge on any atom is -0.394 e. The highest BCUT2D eigenvalue weighted by molar-refractivity contribution is 5.66. The molecule has 3 atom stereocenters. The number of aromatic amines is 1. The van der Waals surface area contributed by atoms with E-state index in [1.54, 1.807) is 22.5 Å². The molecule has 3 rings (SSSR count). The van der Waals surface area contributed by atoms with E-state index in [1.165, 1.54) is 0 Å². The fourth-order valence-corrected chi connectivity index (χ4v) is 2.53. The summed E-state index contributed by atoms with van der Waals surface area (Å²) in [4.78, 5) is 18.4. The van der Waals surface area contributed by atoms with Crippen LogP contribution in [-0.2, 0) is 11.8 Å². The molecular formula is C11H16N5O4+. The van der Waals surface area contributed by atoms with E-state index in [0.29, 0.717) is 17.6 Å². The Morgan fingerprint density at radius 1 is 1.70 bits per heavy atom. The molecular weight excluding hydrogens is 266 g/mol. The van der Waals surface area contributed by atoms with Crippen molar-refractivity contribution in [3.63, 3.8) is 0 Å². The second-order valence-electron chi connectivity index (χ2n) is 4.87. The van der Waals surface area contributed by atoms with Crippen LogP contribution in [0.15, 0.2) is 11.1 Å². The lowest BCUT2D eigenvalue weighted by atomic mass is 10.2. The molecule has 0 bridgehead atoms. The van der Waals surface area contributed by atoms with Crippen molar-refractivity contribution in [1.29, 1.82) is 0 Å². The molecule has 0 radical (unpaired) electrons. The average molecular weight is 282 g/mol. The topological polar surface area (TPSA) is 130 Å². The largest absolute Gasteiger partial charge is 0.394 e. The van der Waals surface area contributed by atoms with Crippen molar-refractivity contribution >= 4 is 17.1 Å². The Labute approximate surface area is 113 Å². The molecule has 1 fully saturated rings. The van der Waals surface area contributed by atoms with Crippen molar-refractivity contribution in [2.24, 2.45) is 7.05 Å². The van der Waals surface area contributed by atoms with E-state index in [-0.39, 0.29) is 18.1 Å². The fraction of sp³-hybridized carbons (Fsp3) is 0.545. The van der Waals surface area contributed by atoms with Crippen molar-refractivity contribution < 1.29 is 19.5 Å². The number of hydrogen-bond acceptors (Lipinski definition) is 6. The van der Waals surface area contributed by atoms with Crippen LogP contribution in [0.5, 0.6) is 0 Å². The minimum absolute atomic E-state index is 0.0136. The summed E-state index contributed by atoms with van der Waals surface area (Å²) >= 11 is 0. The van der Waals surface area contributed by atoms with Gasteiger partial charge in [-0.2, -0.15) is 0 Å². The third-order valence-corrected chi connectivity index (χ3v) is 3.48. The summed E-state index contributed by atoms with van der Waals surface area (Å²) in [5.41, 5.74) is 5.97. The summed E-state index contributed by atoms with van der Waals surface area (Å²) in [7, 11) is 1.71. The van der Waals surface area contributed by atoms with Crippen LogP contribution in [0.1, 0.15) is 12.6 Å². The quantitative estimate of drug-likeness (QED) is 0.461. The Kier molecular flexibility index (Phi) is 2.96. The number of nitrogens with zero attached hydrogens (tertiary/aromatic N) is 3. The summed E-state index contributed by atoms with van der Waals surface area (Å²) in [6.07, 6.45) is 0.0705. The summed E-state index contributed by atoms with van der Waals surface area (Å²) in [6, 6.07) is 0. The number of nitrogens with two attached hydrogens (primary N) is 1. The fourth-order valence-electron chi connectivity index (χ4n) is 2.53. The molecule has 9 nitrogen and oxygen atoms in total. The lowest BCUT2D eigenvalue weighted by molar-refractivity contribution is -0.739. The summed E-state index contributed by atoms with van der Waals surface area (Å²) < 4.78 is 8.82. The molecule has 0 spiro atoms. The van der Waals surface area contributed by atoms with Crippen LogP contribution in [0, 0.1) is 0 Å². The minimum atomic E-state index is -0.757. The van der Waals surface area contributed by atoms with Gasteiger partial charge in [0, 0.05) is 6.42 Å². The molecule has 1 saturated heterocycles. The first-order valence-corrected chi connectivity index (χ1v) is 6.21. The van der Waals surface area contributed by atoms with Crippen molar-refractivity contribution in [1.82, 2.24) is 14.5 Å². The number of aryl methyl sites for hydroxylation is 1. The monoisotopic (exact) mass is 282 g/mol. The first-order chi connectivity index (χ1) is 9.51. The van der Waals surface area contributed by atoms with Crippen LogP contribution in [0.3, 0.4) is 0 Å². The highest BCUT2D eigenvalue weighted by atomic mass is 16.5. The molecule has 20 heavy (non-hydrogen) atoms. The van der Waals surface area contributed by atoms with Crippen molar-refractivity contribution in [2.75, 3.05) is 12.3 Å². The molecule has 0 aliphatic carbocycles. The number of ether oxygens (including phenoxy) is 1. The van der Waals surface area contributed by atoms with Gasteiger partial charge in [0.2, 0.25) is 5.52 Å². The van der Waals surface area contributed by atoms with E-state index < -0.39 is 18.4 Å². The third-order valence-electron chi connectivity index (χ3n) is 3.48. The van der Waals surface area contributed by atoms with Gasteiger partial charge in [-0.15, -0.1) is 0 Å². The van der Waals surface area contributed by atoms with Crippen LogP contribution in [-0.4, -0.2) is 43.6 Å². The van der Waals surface area contributed by atoms with Gasteiger partial charge < -0.3 is 20.7 Å². The second-order valence-corrected chi connectivity index (χ2v) is 4.87. The van der Waals surface area contributed by atoms with Gasteiger partial charge in [0.1, 0.15) is 6.10 Å². The van der Waals surface area contributed by atoms with E-state index in [9.17, 15) is 9.90 Å². The zero-order chi connectivity index (χ0) is 14.4. The molecule has 2 aromatic rings. The van der Waals surface area contributed by atoms with Crippen LogP contribution in [0.2, 0.25) is 0 Å². The standard InChI is InChI=1S/C11H15N5O4/c1-15-4-16(7-2-5(18)6(3-17)20-7)9-8(15)10(19)14-11(12)13-9/h4-7,17-18H,2-3H2,1H3,(H2-,12,13,14,19)/p+1/t5-,6+,7-/m0/s1. The summed E-state index contributed by atoms with van der Waals surface area (Å²) in [6.45, 7) is -0.265. The lowest BCUT2D eigenvalue weighted by Gasteiger charge is -2.10. The van der Waals surface area contributed by atoms with Gasteiger partial charge in [0.05, 0.1) is 19.8 Å². The number of nitrogens with one attached hydrogen (secondary N) is 1. The van der Waals surface area contributed by atoms with Crippen LogP contribution >= 0.6 is 0 Å². The van der Waals surface area contributed by atoms with Gasteiger partial charge in [-0.1, -0.05) is 4.98 Å². The Bertz CT molecular complexity index is 709. The van der Waals surface area contributed by atoms with Gasteiger partial charge >= 0.3 is 5.65 Å². The Morgan fingerprint density at radius 3 is 3.10 bits per heavy atom. The van der Waals surface area contributed by atoms with E-state index in [4.69, 9.17) is 15.6 Å². The van der Waals surface area contributed by atoms with E-state index in [2.05, 4.69) is 9.97 Å². The number of H-pyrrole nitrogens is 1. The Hall–Kier alpha value is -1.97. The van der Waals surface area contributed by atoms with Gasteiger partial charge in [-0.3, -0.25) is 14.3 Å². The smallest absolute Gasteiger partial charge is 0.313 e. The van der Waals surface area contributed by atoms with E-state index in [0.717, 1.165) is 0 Å². The summed E-state index contributed by atoms with van der Waals surface area (Å²) in [5, 5.41) is 18.9. The molecule has 1 aliphatic rings. The average Bonchev–Trinajstić information content (AvgIpc) is 2.90. The zero-order valence-electron chi connectivity index (χ0n) is 10.9. The number of aliphatic hydroxyl groups is 2. The molecule has 9 heteroatoms. The van der Waals surface area contributed by atoms with Gasteiger partial charge in [0.25, 0.3) is 11.5 Å². The first kappa shape index (κ1) is 13.0. The van der Waals surface area contributed by atoms with Crippen molar-refractivity contribution in [3.8, 4) is 0 Å². The SMILES string of the molecule is Cn1c[n+]([C@@H]2C[C@H](O)[C@@H](CO)O2)c2nc(N)[nH]c(=O)c21. The van der Waals surface area contributed by atoms with E-state index >= 15 is 0 Å².